The van der Waals surface area contributed by atoms with Crippen molar-refractivity contribution in [2.45, 2.75) is 20.3 Å². The van der Waals surface area contributed by atoms with Gasteiger partial charge in [-0.25, -0.2) is 0 Å². The molecule has 0 aliphatic heterocycles. The second kappa shape index (κ2) is 5.11. The third-order valence-corrected chi connectivity index (χ3v) is 2.20. The van der Waals surface area contributed by atoms with Crippen molar-refractivity contribution in [3.63, 3.8) is 0 Å². The lowest BCUT2D eigenvalue weighted by Crippen LogP contribution is -2.01. The van der Waals surface area contributed by atoms with Crippen LogP contribution in [0.15, 0.2) is 18.2 Å². The molecule has 2 nitrogen and oxygen atoms in total. The summed E-state index contributed by atoms with van der Waals surface area (Å²) in [6.45, 7) is 5.02. The number of nitrogen functional groups attached to an aromatic ring is 1. The molecular formula is C11H16ClNO. The van der Waals surface area contributed by atoms with Crippen LogP contribution in [0.25, 0.3) is 0 Å². The summed E-state index contributed by atoms with van der Waals surface area (Å²) in [5.41, 5.74) is 6.22. The Morgan fingerprint density at radius 2 is 2.14 bits per heavy atom. The molecule has 0 aliphatic rings. The van der Waals surface area contributed by atoms with E-state index in [0.717, 1.165) is 6.42 Å². The number of rotatable bonds is 4. The maximum absolute atomic E-state index is 5.94. The van der Waals surface area contributed by atoms with Gasteiger partial charge in [-0.05, 0) is 30.5 Å². The molecule has 3 heteroatoms. The van der Waals surface area contributed by atoms with Gasteiger partial charge >= 0.3 is 0 Å². The molecule has 0 fully saturated rings. The lowest BCUT2D eigenvalue weighted by molar-refractivity contribution is 0.289. The van der Waals surface area contributed by atoms with Gasteiger partial charge in [-0.1, -0.05) is 25.4 Å². The highest BCUT2D eigenvalue weighted by Gasteiger charge is 2.02. The molecule has 0 saturated carbocycles. The molecule has 0 radical (unpaired) electrons. The Bertz CT molecular complexity index is 299. The molecule has 0 unspecified atom stereocenters. The lowest BCUT2D eigenvalue weighted by atomic mass is 10.1. The normalized spacial score (nSPS) is 10.6. The molecule has 2 N–H and O–H groups in total. The molecule has 0 bridgehead atoms. The molecule has 0 aliphatic carbocycles. The highest BCUT2D eigenvalue weighted by molar-refractivity contribution is 6.32. The highest BCUT2D eigenvalue weighted by Crippen LogP contribution is 2.26. The van der Waals surface area contributed by atoms with Crippen molar-refractivity contribution >= 4 is 17.3 Å². The predicted octanol–water partition coefficient (Wildman–Crippen LogP) is 3.35. The van der Waals surface area contributed by atoms with Gasteiger partial charge < -0.3 is 10.5 Å². The van der Waals surface area contributed by atoms with Crippen molar-refractivity contribution in [2.75, 3.05) is 12.3 Å². The summed E-state index contributed by atoms with van der Waals surface area (Å²) in [6.07, 6.45) is 1.03. The second-order valence-electron chi connectivity index (χ2n) is 3.72. The van der Waals surface area contributed by atoms with Crippen LogP contribution in [0.4, 0.5) is 5.69 Å². The smallest absolute Gasteiger partial charge is 0.138 e. The fourth-order valence-electron chi connectivity index (χ4n) is 1.04. The number of halogens is 1. The van der Waals surface area contributed by atoms with Gasteiger partial charge in [-0.2, -0.15) is 0 Å². The monoisotopic (exact) mass is 213 g/mol. The van der Waals surface area contributed by atoms with E-state index in [0.29, 0.717) is 29.0 Å². The van der Waals surface area contributed by atoms with Gasteiger partial charge in [0, 0.05) is 5.69 Å². The molecular weight excluding hydrogens is 198 g/mol. The molecule has 78 valence electrons. The van der Waals surface area contributed by atoms with Gasteiger partial charge in [0.2, 0.25) is 0 Å². The van der Waals surface area contributed by atoms with Gasteiger partial charge in [0.15, 0.2) is 0 Å². The van der Waals surface area contributed by atoms with Crippen LogP contribution in [0.2, 0.25) is 5.02 Å². The minimum Gasteiger partial charge on any atom is -0.492 e. The van der Waals surface area contributed by atoms with Crippen molar-refractivity contribution in [3.05, 3.63) is 23.2 Å². The quantitative estimate of drug-likeness (QED) is 0.779. The summed E-state index contributed by atoms with van der Waals surface area (Å²) >= 11 is 5.94. The summed E-state index contributed by atoms with van der Waals surface area (Å²) in [5, 5.41) is 0.578. The Kier molecular flexibility index (Phi) is 4.08. The first-order valence-corrected chi connectivity index (χ1v) is 5.15. The number of hydrogen-bond donors (Lipinski definition) is 1. The summed E-state index contributed by atoms with van der Waals surface area (Å²) in [5.74, 6) is 1.35. The van der Waals surface area contributed by atoms with Crippen LogP contribution in [0.3, 0.4) is 0 Å². The zero-order valence-electron chi connectivity index (χ0n) is 8.59. The largest absolute Gasteiger partial charge is 0.492 e. The van der Waals surface area contributed by atoms with E-state index < -0.39 is 0 Å². The van der Waals surface area contributed by atoms with Gasteiger partial charge in [-0.15, -0.1) is 0 Å². The number of nitrogens with two attached hydrogens (primary N) is 1. The maximum Gasteiger partial charge on any atom is 0.138 e. The zero-order chi connectivity index (χ0) is 10.6. The number of benzene rings is 1. The fourth-order valence-corrected chi connectivity index (χ4v) is 1.28. The van der Waals surface area contributed by atoms with Crippen molar-refractivity contribution in [3.8, 4) is 5.75 Å². The van der Waals surface area contributed by atoms with Crippen molar-refractivity contribution in [1.29, 1.82) is 0 Å². The average Bonchev–Trinajstić information content (AvgIpc) is 2.08. The standard InChI is InChI=1S/C11H16ClNO/c1-8(2)5-6-14-11-4-3-9(13)7-10(11)12/h3-4,7-8H,5-6,13H2,1-2H3. The van der Waals surface area contributed by atoms with E-state index in [9.17, 15) is 0 Å². The van der Waals surface area contributed by atoms with E-state index in [-0.39, 0.29) is 0 Å². The summed E-state index contributed by atoms with van der Waals surface area (Å²) in [6, 6.07) is 5.29. The summed E-state index contributed by atoms with van der Waals surface area (Å²) in [7, 11) is 0. The first-order chi connectivity index (χ1) is 6.59. The third kappa shape index (κ3) is 3.46. The van der Waals surface area contributed by atoms with Crippen LogP contribution in [0.5, 0.6) is 5.75 Å². The zero-order valence-corrected chi connectivity index (χ0v) is 9.34. The van der Waals surface area contributed by atoms with E-state index in [1.165, 1.54) is 0 Å². The van der Waals surface area contributed by atoms with Crippen LogP contribution in [0, 0.1) is 5.92 Å². The number of hydrogen-bond acceptors (Lipinski definition) is 2. The number of anilines is 1. The highest BCUT2D eigenvalue weighted by atomic mass is 35.5. The minimum absolute atomic E-state index is 0.578. The first-order valence-electron chi connectivity index (χ1n) is 4.77. The van der Waals surface area contributed by atoms with Crippen LogP contribution in [0.1, 0.15) is 20.3 Å². The molecule has 0 aromatic heterocycles. The van der Waals surface area contributed by atoms with Gasteiger partial charge in [0.25, 0.3) is 0 Å². The van der Waals surface area contributed by atoms with Gasteiger partial charge in [0.05, 0.1) is 11.6 Å². The third-order valence-electron chi connectivity index (χ3n) is 1.91. The van der Waals surface area contributed by atoms with E-state index in [1.807, 2.05) is 0 Å². The van der Waals surface area contributed by atoms with E-state index in [1.54, 1.807) is 18.2 Å². The number of ether oxygens (including phenoxy) is 1. The minimum atomic E-state index is 0.578. The SMILES string of the molecule is CC(C)CCOc1ccc(N)cc1Cl. The van der Waals surface area contributed by atoms with E-state index in [2.05, 4.69) is 13.8 Å². The Balaban J connectivity index is 2.51. The average molecular weight is 214 g/mol. The molecule has 1 aromatic carbocycles. The molecule has 0 spiro atoms. The van der Waals surface area contributed by atoms with Gasteiger partial charge in [0.1, 0.15) is 5.75 Å². The lowest BCUT2D eigenvalue weighted by Gasteiger charge is -2.09. The predicted molar refractivity (Wildman–Crippen MR) is 60.8 cm³/mol. The molecule has 0 amide bonds. The van der Waals surface area contributed by atoms with Crippen molar-refractivity contribution < 1.29 is 4.74 Å². The molecule has 0 atom stereocenters. The molecule has 1 aromatic rings. The topological polar surface area (TPSA) is 35.2 Å². The van der Waals surface area contributed by atoms with Crippen LogP contribution < -0.4 is 10.5 Å². The van der Waals surface area contributed by atoms with Crippen LogP contribution in [-0.2, 0) is 0 Å². The Morgan fingerprint density at radius 3 is 2.71 bits per heavy atom. The first kappa shape index (κ1) is 11.2. The molecule has 0 saturated heterocycles. The maximum atomic E-state index is 5.94. The van der Waals surface area contributed by atoms with Gasteiger partial charge in [-0.3, -0.25) is 0 Å². The van der Waals surface area contributed by atoms with E-state index in [4.69, 9.17) is 22.1 Å². The van der Waals surface area contributed by atoms with Crippen molar-refractivity contribution in [1.82, 2.24) is 0 Å². The van der Waals surface area contributed by atoms with Crippen LogP contribution in [-0.4, -0.2) is 6.61 Å². The Labute approximate surface area is 90.0 Å². The molecule has 1 rings (SSSR count). The van der Waals surface area contributed by atoms with Crippen LogP contribution >= 0.6 is 11.6 Å². The summed E-state index contributed by atoms with van der Waals surface area (Å²) in [4.78, 5) is 0. The molecule has 14 heavy (non-hydrogen) atoms. The second-order valence-corrected chi connectivity index (χ2v) is 4.13. The Morgan fingerprint density at radius 1 is 1.43 bits per heavy atom. The molecule has 0 heterocycles. The summed E-state index contributed by atoms with van der Waals surface area (Å²) < 4.78 is 5.52. The van der Waals surface area contributed by atoms with E-state index >= 15 is 0 Å². The van der Waals surface area contributed by atoms with Crippen molar-refractivity contribution in [2.24, 2.45) is 5.92 Å². The Hall–Kier alpha value is -0.890. The fraction of sp³-hybridized carbons (Fsp3) is 0.455.